The van der Waals surface area contributed by atoms with Gasteiger partial charge in [0.2, 0.25) is 5.91 Å². The van der Waals surface area contributed by atoms with E-state index in [1.54, 1.807) is 7.11 Å². The highest BCUT2D eigenvalue weighted by atomic mass is 16.6. The van der Waals surface area contributed by atoms with Gasteiger partial charge in [0.05, 0.1) is 19.4 Å². The predicted octanol–water partition coefficient (Wildman–Crippen LogP) is 2.53. The van der Waals surface area contributed by atoms with Crippen molar-refractivity contribution in [3.05, 3.63) is 65.7 Å². The lowest BCUT2D eigenvalue weighted by Gasteiger charge is -2.35. The molecule has 2 aliphatic heterocycles. The standard InChI is InChI=1S/C22H25N3O3/c1-27-19-9-5-6-17(12-19)14-25-11-10-24(16-22(25)26)15-20-13-21(23-28-20)18-7-3-2-4-8-18/h2-9,12,20H,10-11,13-16H2,1H3/t20-/m0/s1. The molecule has 146 valence electrons. The quantitative estimate of drug-likeness (QED) is 0.774. The molecule has 1 atom stereocenters. The Hall–Kier alpha value is -2.86. The maximum absolute atomic E-state index is 12.6. The number of benzene rings is 2. The van der Waals surface area contributed by atoms with Gasteiger partial charge in [-0.2, -0.15) is 0 Å². The van der Waals surface area contributed by atoms with Crippen molar-refractivity contribution in [2.45, 2.75) is 19.1 Å². The minimum absolute atomic E-state index is 0.00735. The van der Waals surface area contributed by atoms with Crippen LogP contribution in [0.3, 0.4) is 0 Å². The highest BCUT2D eigenvalue weighted by Crippen LogP contribution is 2.19. The lowest BCUT2D eigenvalue weighted by molar-refractivity contribution is -0.137. The summed E-state index contributed by atoms with van der Waals surface area (Å²) in [5, 5.41) is 4.24. The number of ether oxygens (including phenoxy) is 1. The van der Waals surface area contributed by atoms with Crippen LogP contribution in [-0.4, -0.2) is 60.8 Å². The monoisotopic (exact) mass is 379 g/mol. The maximum Gasteiger partial charge on any atom is 0.237 e. The van der Waals surface area contributed by atoms with Gasteiger partial charge in [-0.05, 0) is 23.3 Å². The molecule has 0 aromatic heterocycles. The van der Waals surface area contributed by atoms with Crippen molar-refractivity contribution in [3.63, 3.8) is 0 Å². The Morgan fingerprint density at radius 1 is 1.14 bits per heavy atom. The Labute approximate surface area is 165 Å². The van der Waals surface area contributed by atoms with E-state index in [1.165, 1.54) is 0 Å². The number of nitrogens with zero attached hydrogens (tertiary/aromatic N) is 3. The first-order valence-corrected chi connectivity index (χ1v) is 9.62. The number of methoxy groups -OCH3 is 1. The molecule has 0 radical (unpaired) electrons. The van der Waals surface area contributed by atoms with Crippen molar-refractivity contribution < 1.29 is 14.4 Å². The second kappa shape index (κ2) is 8.44. The Morgan fingerprint density at radius 3 is 2.79 bits per heavy atom. The van der Waals surface area contributed by atoms with E-state index in [0.717, 1.165) is 48.6 Å². The third-order valence-electron chi connectivity index (χ3n) is 5.21. The third kappa shape index (κ3) is 4.34. The van der Waals surface area contributed by atoms with E-state index in [2.05, 4.69) is 10.1 Å². The van der Waals surface area contributed by atoms with Crippen LogP contribution in [0.2, 0.25) is 0 Å². The highest BCUT2D eigenvalue weighted by Gasteiger charge is 2.29. The zero-order valence-electron chi connectivity index (χ0n) is 16.1. The van der Waals surface area contributed by atoms with Crippen molar-refractivity contribution >= 4 is 11.6 Å². The van der Waals surface area contributed by atoms with Crippen molar-refractivity contribution in [2.24, 2.45) is 5.16 Å². The number of carbonyl (C=O) groups excluding carboxylic acids is 1. The molecule has 0 N–H and O–H groups in total. The first-order valence-electron chi connectivity index (χ1n) is 9.62. The number of piperazine rings is 1. The number of hydrogen-bond acceptors (Lipinski definition) is 5. The molecule has 0 unspecified atom stereocenters. The molecule has 2 heterocycles. The van der Waals surface area contributed by atoms with Crippen molar-refractivity contribution in [1.29, 1.82) is 0 Å². The van der Waals surface area contributed by atoms with Crippen molar-refractivity contribution in [3.8, 4) is 5.75 Å². The van der Waals surface area contributed by atoms with Gasteiger partial charge in [-0.25, -0.2) is 0 Å². The molecule has 6 nitrogen and oxygen atoms in total. The van der Waals surface area contributed by atoms with Crippen LogP contribution in [0.1, 0.15) is 17.5 Å². The van der Waals surface area contributed by atoms with E-state index in [9.17, 15) is 4.79 Å². The summed E-state index contributed by atoms with van der Waals surface area (Å²) in [5.74, 6) is 0.965. The number of amides is 1. The number of oxime groups is 1. The average molecular weight is 379 g/mol. The Morgan fingerprint density at radius 2 is 2.00 bits per heavy atom. The fraction of sp³-hybridized carbons (Fsp3) is 0.364. The first kappa shape index (κ1) is 18.5. The highest BCUT2D eigenvalue weighted by molar-refractivity contribution is 6.01. The van der Waals surface area contributed by atoms with Gasteiger partial charge in [-0.1, -0.05) is 47.6 Å². The molecule has 2 aliphatic rings. The summed E-state index contributed by atoms with van der Waals surface area (Å²) >= 11 is 0. The zero-order valence-corrected chi connectivity index (χ0v) is 16.1. The number of hydrogen-bond donors (Lipinski definition) is 0. The smallest absolute Gasteiger partial charge is 0.237 e. The summed E-state index contributed by atoms with van der Waals surface area (Å²) in [4.78, 5) is 22.3. The average Bonchev–Trinajstić information content (AvgIpc) is 3.19. The van der Waals surface area contributed by atoms with Crippen LogP contribution in [0.4, 0.5) is 0 Å². The Kier molecular flexibility index (Phi) is 5.58. The van der Waals surface area contributed by atoms with E-state index in [1.807, 2.05) is 59.5 Å². The minimum Gasteiger partial charge on any atom is -0.497 e. The topological polar surface area (TPSA) is 54.4 Å². The van der Waals surface area contributed by atoms with Crippen LogP contribution in [-0.2, 0) is 16.2 Å². The molecule has 2 aromatic carbocycles. The van der Waals surface area contributed by atoms with E-state index in [4.69, 9.17) is 9.57 Å². The maximum atomic E-state index is 12.6. The minimum atomic E-state index is 0.00735. The molecule has 0 spiro atoms. The lowest BCUT2D eigenvalue weighted by atomic mass is 10.0. The van der Waals surface area contributed by atoms with Crippen LogP contribution < -0.4 is 4.74 Å². The van der Waals surface area contributed by atoms with Crippen LogP contribution in [0, 0.1) is 0 Å². The molecule has 1 fully saturated rings. The largest absolute Gasteiger partial charge is 0.497 e. The van der Waals surface area contributed by atoms with Gasteiger partial charge in [-0.15, -0.1) is 0 Å². The molecule has 0 saturated carbocycles. The molecule has 1 saturated heterocycles. The summed E-state index contributed by atoms with van der Waals surface area (Å²) in [6.45, 7) is 3.32. The lowest BCUT2D eigenvalue weighted by Crippen LogP contribution is -2.51. The summed E-state index contributed by atoms with van der Waals surface area (Å²) < 4.78 is 5.27. The van der Waals surface area contributed by atoms with Gasteiger partial charge in [0.1, 0.15) is 11.9 Å². The molecular formula is C22H25N3O3. The molecule has 4 rings (SSSR count). The van der Waals surface area contributed by atoms with Gasteiger partial charge in [0.25, 0.3) is 0 Å². The Balaban J connectivity index is 1.27. The first-order chi connectivity index (χ1) is 13.7. The van der Waals surface area contributed by atoms with Crippen molar-refractivity contribution in [1.82, 2.24) is 9.80 Å². The molecule has 28 heavy (non-hydrogen) atoms. The van der Waals surface area contributed by atoms with E-state index < -0.39 is 0 Å². The van der Waals surface area contributed by atoms with Crippen LogP contribution in [0.15, 0.2) is 59.8 Å². The summed E-state index contributed by atoms with van der Waals surface area (Å²) in [6, 6.07) is 18.0. The fourth-order valence-corrected chi connectivity index (χ4v) is 3.69. The molecule has 0 bridgehead atoms. The summed E-state index contributed by atoms with van der Waals surface area (Å²) in [7, 11) is 1.65. The molecule has 1 amide bonds. The van der Waals surface area contributed by atoms with E-state index in [0.29, 0.717) is 13.1 Å². The van der Waals surface area contributed by atoms with Crippen LogP contribution >= 0.6 is 0 Å². The van der Waals surface area contributed by atoms with Crippen molar-refractivity contribution in [2.75, 3.05) is 33.3 Å². The zero-order chi connectivity index (χ0) is 19.3. The van der Waals surface area contributed by atoms with Gasteiger partial charge in [0, 0.05) is 32.6 Å². The summed E-state index contributed by atoms with van der Waals surface area (Å²) in [5.41, 5.74) is 3.17. The molecular weight excluding hydrogens is 354 g/mol. The van der Waals surface area contributed by atoms with E-state index >= 15 is 0 Å². The van der Waals surface area contributed by atoms with Crippen LogP contribution in [0.25, 0.3) is 0 Å². The molecule has 2 aromatic rings. The number of rotatable bonds is 6. The predicted molar refractivity (Wildman–Crippen MR) is 107 cm³/mol. The number of carbonyl (C=O) groups is 1. The second-order valence-electron chi connectivity index (χ2n) is 7.24. The second-order valence-corrected chi connectivity index (χ2v) is 7.24. The normalized spacial score (nSPS) is 20.0. The third-order valence-corrected chi connectivity index (χ3v) is 5.21. The van der Waals surface area contributed by atoms with Gasteiger partial charge < -0.3 is 14.5 Å². The van der Waals surface area contributed by atoms with Gasteiger partial charge in [-0.3, -0.25) is 9.69 Å². The Bertz CT molecular complexity index is 853. The summed E-state index contributed by atoms with van der Waals surface area (Å²) in [6.07, 6.45) is 0.787. The van der Waals surface area contributed by atoms with Gasteiger partial charge in [0.15, 0.2) is 0 Å². The molecule has 6 heteroatoms. The van der Waals surface area contributed by atoms with Gasteiger partial charge >= 0.3 is 0 Å². The SMILES string of the molecule is COc1cccc(CN2CCN(C[C@@H]3CC(c4ccccc4)=NO3)CC2=O)c1. The van der Waals surface area contributed by atoms with E-state index in [-0.39, 0.29) is 12.0 Å². The van der Waals surface area contributed by atoms with Crippen LogP contribution in [0.5, 0.6) is 5.75 Å². The molecule has 0 aliphatic carbocycles. The fourth-order valence-electron chi connectivity index (χ4n) is 3.69.